The molecule has 3 aromatic heterocycles. The molecule has 3 aromatic rings. The highest BCUT2D eigenvalue weighted by molar-refractivity contribution is 7.07. The highest BCUT2D eigenvalue weighted by atomic mass is 32.1. The zero-order valence-electron chi connectivity index (χ0n) is 13.0. The van der Waals surface area contributed by atoms with E-state index in [4.69, 9.17) is 0 Å². The van der Waals surface area contributed by atoms with Crippen LogP contribution in [-0.4, -0.2) is 26.9 Å². The van der Waals surface area contributed by atoms with E-state index in [0.717, 1.165) is 5.56 Å². The second kappa shape index (κ2) is 7.18. The van der Waals surface area contributed by atoms with Crippen molar-refractivity contribution < 1.29 is 4.79 Å². The molecular weight excluding hydrogens is 324 g/mol. The number of aromatic nitrogens is 3. The number of rotatable bonds is 5. The van der Waals surface area contributed by atoms with Crippen molar-refractivity contribution in [3.8, 4) is 11.5 Å². The monoisotopic (exact) mass is 340 g/mol. The van der Waals surface area contributed by atoms with Crippen LogP contribution in [0.15, 0.2) is 52.2 Å². The molecule has 1 amide bonds. The van der Waals surface area contributed by atoms with Crippen molar-refractivity contribution in [3.63, 3.8) is 0 Å². The number of pyridine rings is 1. The van der Waals surface area contributed by atoms with Crippen molar-refractivity contribution in [2.24, 2.45) is 0 Å². The van der Waals surface area contributed by atoms with E-state index in [1.54, 1.807) is 35.7 Å². The van der Waals surface area contributed by atoms with Crippen LogP contribution in [0.25, 0.3) is 11.5 Å². The van der Waals surface area contributed by atoms with Crippen molar-refractivity contribution in [3.05, 3.63) is 68.9 Å². The van der Waals surface area contributed by atoms with Gasteiger partial charge >= 0.3 is 0 Å². The molecule has 24 heavy (non-hydrogen) atoms. The van der Waals surface area contributed by atoms with Crippen molar-refractivity contribution in [2.75, 3.05) is 0 Å². The maximum Gasteiger partial charge on any atom is 0.264 e. The number of aromatic amines is 1. The number of hydrogen-bond donors (Lipinski definition) is 2. The summed E-state index contributed by atoms with van der Waals surface area (Å²) in [5.41, 5.74) is 1.22. The minimum Gasteiger partial charge on any atom is -0.349 e. The Hall–Kier alpha value is -2.80. The van der Waals surface area contributed by atoms with Gasteiger partial charge in [0.05, 0.1) is 0 Å². The first-order valence-corrected chi connectivity index (χ1v) is 8.40. The molecule has 0 aromatic carbocycles. The molecule has 1 atom stereocenters. The van der Waals surface area contributed by atoms with E-state index < -0.39 is 11.5 Å². The molecule has 0 fully saturated rings. The quantitative estimate of drug-likeness (QED) is 0.746. The van der Waals surface area contributed by atoms with Crippen LogP contribution < -0.4 is 10.9 Å². The second-order valence-corrected chi connectivity index (χ2v) is 6.18. The minimum absolute atomic E-state index is 0.00755. The smallest absolute Gasteiger partial charge is 0.264 e. The summed E-state index contributed by atoms with van der Waals surface area (Å²) in [6, 6.07) is 7.25. The molecule has 7 heteroatoms. The Balaban J connectivity index is 1.72. The highest BCUT2D eigenvalue weighted by Gasteiger charge is 2.15. The fourth-order valence-corrected chi connectivity index (χ4v) is 2.99. The van der Waals surface area contributed by atoms with Crippen molar-refractivity contribution in [1.29, 1.82) is 0 Å². The van der Waals surface area contributed by atoms with Crippen LogP contribution in [0.1, 0.15) is 22.8 Å². The van der Waals surface area contributed by atoms with Crippen LogP contribution in [0.4, 0.5) is 0 Å². The standard InChI is InChI=1S/C17H16N4O2S/c1-11(8-12-5-7-24-10-12)20-16(22)13-9-19-15(21-17(13)23)14-4-2-3-6-18-14/h2-7,9-11H,8H2,1H3,(H,20,22)(H,19,21,23)/t11-/m1/s1. The molecule has 122 valence electrons. The number of amides is 1. The van der Waals surface area contributed by atoms with Crippen LogP contribution in [0.5, 0.6) is 0 Å². The Bertz CT molecular complexity index is 875. The van der Waals surface area contributed by atoms with Gasteiger partial charge in [0.2, 0.25) is 0 Å². The summed E-state index contributed by atoms with van der Waals surface area (Å²) < 4.78 is 0. The van der Waals surface area contributed by atoms with Crippen molar-refractivity contribution >= 4 is 17.2 Å². The highest BCUT2D eigenvalue weighted by Crippen LogP contribution is 2.10. The van der Waals surface area contributed by atoms with Gasteiger partial charge in [-0.05, 0) is 47.9 Å². The Morgan fingerprint density at radius 2 is 2.21 bits per heavy atom. The second-order valence-electron chi connectivity index (χ2n) is 5.40. The zero-order chi connectivity index (χ0) is 16.9. The van der Waals surface area contributed by atoms with E-state index in [2.05, 4.69) is 20.3 Å². The van der Waals surface area contributed by atoms with Gasteiger partial charge in [0.25, 0.3) is 11.5 Å². The van der Waals surface area contributed by atoms with Gasteiger partial charge in [0.15, 0.2) is 5.82 Å². The lowest BCUT2D eigenvalue weighted by Gasteiger charge is -2.12. The summed E-state index contributed by atoms with van der Waals surface area (Å²) in [5, 5.41) is 6.86. The fraction of sp³-hybridized carbons (Fsp3) is 0.176. The Morgan fingerprint density at radius 3 is 2.88 bits per heavy atom. The molecule has 3 rings (SSSR count). The fourth-order valence-electron chi connectivity index (χ4n) is 2.30. The topological polar surface area (TPSA) is 87.7 Å². The third-order valence-electron chi connectivity index (χ3n) is 3.45. The maximum absolute atomic E-state index is 12.3. The zero-order valence-corrected chi connectivity index (χ0v) is 13.8. The van der Waals surface area contributed by atoms with E-state index in [1.807, 2.05) is 23.8 Å². The number of nitrogens with zero attached hydrogens (tertiary/aromatic N) is 2. The van der Waals surface area contributed by atoms with Gasteiger partial charge in [-0.1, -0.05) is 6.07 Å². The molecule has 0 saturated heterocycles. The normalized spacial score (nSPS) is 11.9. The van der Waals surface area contributed by atoms with Crippen LogP contribution in [0, 0.1) is 0 Å². The van der Waals surface area contributed by atoms with E-state index in [0.29, 0.717) is 17.9 Å². The first-order chi connectivity index (χ1) is 11.6. The molecule has 0 aliphatic carbocycles. The summed E-state index contributed by atoms with van der Waals surface area (Å²) in [7, 11) is 0. The van der Waals surface area contributed by atoms with Crippen LogP contribution in [0.2, 0.25) is 0 Å². The summed E-state index contributed by atoms with van der Waals surface area (Å²) in [4.78, 5) is 35.3. The van der Waals surface area contributed by atoms with Gasteiger partial charge in [0, 0.05) is 18.4 Å². The van der Waals surface area contributed by atoms with Crippen LogP contribution >= 0.6 is 11.3 Å². The number of carbonyl (C=O) groups is 1. The SMILES string of the molecule is C[C@H](Cc1ccsc1)NC(=O)c1cnc(-c2ccccn2)[nH]c1=O. The Morgan fingerprint density at radius 1 is 1.33 bits per heavy atom. The van der Waals surface area contributed by atoms with Crippen LogP contribution in [-0.2, 0) is 6.42 Å². The van der Waals surface area contributed by atoms with Crippen molar-refractivity contribution in [1.82, 2.24) is 20.3 Å². The van der Waals surface area contributed by atoms with E-state index >= 15 is 0 Å². The summed E-state index contributed by atoms with van der Waals surface area (Å²) in [6.07, 6.45) is 3.62. The molecule has 0 aliphatic heterocycles. The van der Waals surface area contributed by atoms with Crippen LogP contribution in [0.3, 0.4) is 0 Å². The minimum atomic E-state index is -0.481. The Kier molecular flexibility index (Phi) is 4.81. The molecule has 3 heterocycles. The first kappa shape index (κ1) is 16.1. The van der Waals surface area contributed by atoms with Gasteiger partial charge in [-0.25, -0.2) is 4.98 Å². The van der Waals surface area contributed by atoms with Gasteiger partial charge in [-0.15, -0.1) is 0 Å². The lowest BCUT2D eigenvalue weighted by Crippen LogP contribution is -2.37. The third kappa shape index (κ3) is 3.75. The van der Waals surface area contributed by atoms with Gasteiger partial charge in [0.1, 0.15) is 11.3 Å². The molecule has 0 radical (unpaired) electrons. The number of thiophene rings is 1. The molecule has 0 spiro atoms. The maximum atomic E-state index is 12.3. The molecule has 0 aliphatic rings. The average Bonchev–Trinajstić information content (AvgIpc) is 3.08. The lowest BCUT2D eigenvalue weighted by atomic mass is 10.1. The third-order valence-corrected chi connectivity index (χ3v) is 4.18. The summed E-state index contributed by atoms with van der Waals surface area (Å²) in [6.45, 7) is 1.90. The van der Waals surface area contributed by atoms with Gasteiger partial charge in [-0.2, -0.15) is 11.3 Å². The molecule has 0 unspecified atom stereocenters. The molecule has 0 saturated carbocycles. The Labute approximate surface area is 142 Å². The molecule has 2 N–H and O–H groups in total. The van der Waals surface area contributed by atoms with E-state index in [1.165, 1.54) is 6.20 Å². The predicted octanol–water partition coefficient (Wildman–Crippen LogP) is 2.25. The van der Waals surface area contributed by atoms with E-state index in [9.17, 15) is 9.59 Å². The summed E-state index contributed by atoms with van der Waals surface area (Å²) in [5.74, 6) is -0.0949. The molecular formula is C17H16N4O2S. The number of hydrogen-bond acceptors (Lipinski definition) is 5. The predicted molar refractivity (Wildman–Crippen MR) is 93.0 cm³/mol. The molecule has 0 bridgehead atoms. The number of H-pyrrole nitrogens is 1. The number of nitrogens with one attached hydrogen (secondary N) is 2. The average molecular weight is 340 g/mol. The van der Waals surface area contributed by atoms with E-state index in [-0.39, 0.29) is 11.6 Å². The lowest BCUT2D eigenvalue weighted by molar-refractivity contribution is 0.0938. The first-order valence-electron chi connectivity index (χ1n) is 7.46. The largest absolute Gasteiger partial charge is 0.349 e. The van der Waals surface area contributed by atoms with Gasteiger partial charge < -0.3 is 10.3 Å². The van der Waals surface area contributed by atoms with Gasteiger partial charge in [-0.3, -0.25) is 14.6 Å². The van der Waals surface area contributed by atoms with Crippen molar-refractivity contribution in [2.45, 2.75) is 19.4 Å². The summed E-state index contributed by atoms with van der Waals surface area (Å²) >= 11 is 1.62. The molecule has 6 nitrogen and oxygen atoms in total. The number of carbonyl (C=O) groups excluding carboxylic acids is 1.